The molecule has 0 spiro atoms. The topological polar surface area (TPSA) is 105 Å². The Morgan fingerprint density at radius 3 is 2.59 bits per heavy atom. The second-order valence-corrected chi connectivity index (χ2v) is 10.9. The van der Waals surface area contributed by atoms with Crippen LogP contribution >= 0.6 is 0 Å². The van der Waals surface area contributed by atoms with Crippen molar-refractivity contribution < 1.29 is 27.1 Å². The molecule has 1 atom stereocenters. The molecular formula is C22H30FN3O5S. The van der Waals surface area contributed by atoms with Crippen LogP contribution in [0.4, 0.5) is 9.18 Å². The van der Waals surface area contributed by atoms with Crippen LogP contribution in [0.15, 0.2) is 18.2 Å². The number of nitrogens with one attached hydrogen (secondary N) is 2. The zero-order valence-corrected chi connectivity index (χ0v) is 18.8. The van der Waals surface area contributed by atoms with E-state index in [9.17, 15) is 22.4 Å². The number of ether oxygens (including phenoxy) is 1. The molecule has 8 nitrogen and oxygen atoms in total. The van der Waals surface area contributed by atoms with Crippen LogP contribution in [0.2, 0.25) is 0 Å². The average Bonchev–Trinajstić information content (AvgIpc) is 3.65. The lowest BCUT2D eigenvalue weighted by molar-refractivity contribution is -0.118. The van der Waals surface area contributed by atoms with Crippen LogP contribution in [0.5, 0.6) is 5.75 Å². The number of halogens is 1. The number of sulfonamides is 1. The highest BCUT2D eigenvalue weighted by Gasteiger charge is 2.35. The first-order valence-electron chi connectivity index (χ1n) is 11.3. The second kappa shape index (κ2) is 9.74. The SMILES string of the molecule is O=C1CN(CCCCCS(=O)(=O)NC(c2ccc(F)c(OCC3CC3)c2)C2CC2)C(=O)N1. The third kappa shape index (κ3) is 6.41. The van der Waals surface area contributed by atoms with Gasteiger partial charge >= 0.3 is 6.03 Å². The number of unbranched alkanes of at least 4 members (excludes halogenated alkanes) is 2. The van der Waals surface area contributed by atoms with E-state index in [4.69, 9.17) is 4.74 Å². The number of nitrogens with zero attached hydrogens (tertiary/aromatic N) is 1. The maximum Gasteiger partial charge on any atom is 0.324 e. The quantitative estimate of drug-likeness (QED) is 0.343. The van der Waals surface area contributed by atoms with Gasteiger partial charge in [0.1, 0.15) is 6.54 Å². The second-order valence-electron chi connectivity index (χ2n) is 9.03. The smallest absolute Gasteiger partial charge is 0.324 e. The number of hydrogen-bond acceptors (Lipinski definition) is 5. The summed E-state index contributed by atoms with van der Waals surface area (Å²) in [6.45, 7) is 0.980. The van der Waals surface area contributed by atoms with Crippen molar-refractivity contribution in [2.24, 2.45) is 11.8 Å². The summed E-state index contributed by atoms with van der Waals surface area (Å²) in [5, 5.41) is 2.22. The normalized spacial score (nSPS) is 19.8. The lowest BCUT2D eigenvalue weighted by Gasteiger charge is -2.20. The number of rotatable bonds is 13. The van der Waals surface area contributed by atoms with Crippen LogP contribution < -0.4 is 14.8 Å². The summed E-state index contributed by atoms with van der Waals surface area (Å²) in [4.78, 5) is 24.1. The fourth-order valence-corrected chi connectivity index (χ4v) is 5.29. The van der Waals surface area contributed by atoms with Crippen molar-refractivity contribution in [3.8, 4) is 5.75 Å². The number of benzene rings is 1. The minimum absolute atomic E-state index is 0.0203. The van der Waals surface area contributed by atoms with E-state index in [1.807, 2.05) is 0 Å². The zero-order chi connectivity index (χ0) is 22.7. The molecular weight excluding hydrogens is 437 g/mol. The minimum Gasteiger partial charge on any atom is -0.490 e. The Bertz CT molecular complexity index is 962. The Balaban J connectivity index is 1.28. The molecule has 1 unspecified atom stereocenters. The van der Waals surface area contributed by atoms with E-state index < -0.39 is 21.9 Å². The van der Waals surface area contributed by atoms with Crippen molar-refractivity contribution in [1.29, 1.82) is 0 Å². The number of imide groups is 1. The number of carbonyl (C=O) groups is 2. The van der Waals surface area contributed by atoms with Gasteiger partial charge in [0.2, 0.25) is 15.9 Å². The van der Waals surface area contributed by atoms with Crippen LogP contribution in [0, 0.1) is 17.7 Å². The van der Waals surface area contributed by atoms with Crippen molar-refractivity contribution in [1.82, 2.24) is 14.9 Å². The lowest BCUT2D eigenvalue weighted by atomic mass is 10.0. The Hall–Kier alpha value is -2.20. The summed E-state index contributed by atoms with van der Waals surface area (Å²) in [5.74, 6) is 0.126. The summed E-state index contributed by atoms with van der Waals surface area (Å²) < 4.78 is 48.0. The van der Waals surface area contributed by atoms with Gasteiger partial charge in [-0.1, -0.05) is 12.5 Å². The third-order valence-electron chi connectivity index (χ3n) is 6.09. The summed E-state index contributed by atoms with van der Waals surface area (Å²) in [6.07, 6.45) is 5.78. The van der Waals surface area contributed by atoms with Gasteiger partial charge in [-0.05, 0) is 68.1 Å². The molecule has 4 rings (SSSR count). The molecule has 2 saturated carbocycles. The summed E-state index contributed by atoms with van der Waals surface area (Å²) in [5.41, 5.74) is 0.730. The van der Waals surface area contributed by atoms with Crippen molar-refractivity contribution >= 4 is 22.0 Å². The van der Waals surface area contributed by atoms with E-state index in [1.54, 1.807) is 12.1 Å². The van der Waals surface area contributed by atoms with Crippen LogP contribution in [-0.2, 0) is 14.8 Å². The molecule has 0 radical (unpaired) electrons. The van der Waals surface area contributed by atoms with Gasteiger partial charge in [0.15, 0.2) is 11.6 Å². The number of urea groups is 1. The Morgan fingerprint density at radius 1 is 1.16 bits per heavy atom. The molecule has 3 amide bonds. The minimum atomic E-state index is -3.52. The van der Waals surface area contributed by atoms with E-state index >= 15 is 0 Å². The summed E-state index contributed by atoms with van der Waals surface area (Å²) >= 11 is 0. The predicted octanol–water partition coefficient (Wildman–Crippen LogP) is 2.71. The predicted molar refractivity (Wildman–Crippen MR) is 116 cm³/mol. The summed E-state index contributed by atoms with van der Waals surface area (Å²) in [7, 11) is -3.52. The third-order valence-corrected chi connectivity index (χ3v) is 7.53. The van der Waals surface area contributed by atoms with Gasteiger partial charge in [-0.15, -0.1) is 0 Å². The molecule has 0 bridgehead atoms. The van der Waals surface area contributed by atoms with E-state index in [2.05, 4.69) is 10.0 Å². The standard InChI is InChI=1S/C22H30FN3O5S/c23-18-9-8-17(12-19(18)31-14-15-4-5-15)21(16-6-7-16)25-32(29,30)11-3-1-2-10-26-13-20(27)24-22(26)28/h8-9,12,15-16,21,25H,1-7,10-11,13-14H2,(H,24,27,28). The molecule has 10 heteroatoms. The molecule has 176 valence electrons. The first kappa shape index (κ1) is 23.0. The van der Waals surface area contributed by atoms with E-state index in [-0.39, 0.29) is 35.9 Å². The molecule has 1 aliphatic heterocycles. The molecule has 0 aromatic heterocycles. The van der Waals surface area contributed by atoms with Gasteiger partial charge in [-0.25, -0.2) is 22.3 Å². The monoisotopic (exact) mass is 467 g/mol. The molecule has 3 aliphatic rings. The Kier molecular flexibility index (Phi) is 6.99. The molecule has 2 N–H and O–H groups in total. The zero-order valence-electron chi connectivity index (χ0n) is 18.0. The maximum atomic E-state index is 14.1. The summed E-state index contributed by atoms with van der Waals surface area (Å²) in [6, 6.07) is 3.83. The Morgan fingerprint density at radius 2 is 1.94 bits per heavy atom. The van der Waals surface area contributed by atoms with Crippen LogP contribution in [0.3, 0.4) is 0 Å². The number of hydrogen-bond donors (Lipinski definition) is 2. The molecule has 3 fully saturated rings. The van der Waals surface area contributed by atoms with Gasteiger partial charge in [-0.3, -0.25) is 10.1 Å². The maximum absolute atomic E-state index is 14.1. The highest BCUT2D eigenvalue weighted by Crippen LogP contribution is 2.42. The van der Waals surface area contributed by atoms with Gasteiger partial charge in [0, 0.05) is 12.6 Å². The van der Waals surface area contributed by atoms with Gasteiger partial charge in [0.25, 0.3) is 0 Å². The average molecular weight is 468 g/mol. The molecule has 1 heterocycles. The van der Waals surface area contributed by atoms with Crippen molar-refractivity contribution in [2.75, 3.05) is 25.4 Å². The Labute approximate surface area is 187 Å². The van der Waals surface area contributed by atoms with Crippen LogP contribution in [0.25, 0.3) is 0 Å². The van der Waals surface area contributed by atoms with Crippen LogP contribution in [-0.4, -0.2) is 50.7 Å². The molecule has 1 aromatic rings. The van der Waals surface area contributed by atoms with Crippen molar-refractivity contribution in [3.63, 3.8) is 0 Å². The number of amides is 3. The lowest BCUT2D eigenvalue weighted by Crippen LogP contribution is -2.32. The highest BCUT2D eigenvalue weighted by atomic mass is 32.2. The molecule has 1 saturated heterocycles. The van der Waals surface area contributed by atoms with Gasteiger partial charge in [0.05, 0.1) is 12.4 Å². The molecule has 2 aliphatic carbocycles. The fourth-order valence-electron chi connectivity index (χ4n) is 3.87. The van der Waals surface area contributed by atoms with Crippen molar-refractivity contribution in [2.45, 2.75) is 51.0 Å². The van der Waals surface area contributed by atoms with E-state index in [0.29, 0.717) is 38.3 Å². The number of carbonyl (C=O) groups excluding carboxylic acids is 2. The highest BCUT2D eigenvalue weighted by molar-refractivity contribution is 7.89. The molecule has 1 aromatic carbocycles. The van der Waals surface area contributed by atoms with E-state index in [0.717, 1.165) is 31.2 Å². The van der Waals surface area contributed by atoms with Gasteiger partial charge in [-0.2, -0.15) is 0 Å². The van der Waals surface area contributed by atoms with E-state index in [1.165, 1.54) is 11.0 Å². The first-order valence-corrected chi connectivity index (χ1v) is 13.0. The van der Waals surface area contributed by atoms with Crippen molar-refractivity contribution in [3.05, 3.63) is 29.6 Å². The fraction of sp³-hybridized carbons (Fsp3) is 0.636. The van der Waals surface area contributed by atoms with Crippen LogP contribution in [0.1, 0.15) is 56.6 Å². The molecule has 32 heavy (non-hydrogen) atoms. The largest absolute Gasteiger partial charge is 0.490 e. The first-order chi connectivity index (χ1) is 15.3. The van der Waals surface area contributed by atoms with Gasteiger partial charge < -0.3 is 9.64 Å².